The number of allylic oxidation sites excluding steroid dienone is 3. The Bertz CT molecular complexity index is 1190. The van der Waals surface area contributed by atoms with Crippen LogP contribution in [-0.2, 0) is 9.59 Å². The molecule has 2 aromatic rings. The molecule has 2 N–H and O–H groups in total. The van der Waals surface area contributed by atoms with Gasteiger partial charge in [0.15, 0.2) is 5.78 Å². The quantitative estimate of drug-likeness (QED) is 0.545. The number of hydrogen-bond donors (Lipinski definition) is 2. The van der Waals surface area contributed by atoms with Gasteiger partial charge in [-0.15, -0.1) is 0 Å². The number of hydrogen-bond acceptors (Lipinski definition) is 4. The number of anilines is 2. The number of ketones is 1. The number of dihydropyridines is 1. The molecule has 0 aromatic heterocycles. The van der Waals surface area contributed by atoms with E-state index in [9.17, 15) is 14.0 Å². The van der Waals surface area contributed by atoms with Gasteiger partial charge in [0, 0.05) is 59.3 Å². The number of nitrogens with zero attached hydrogens (tertiary/aromatic N) is 1. The van der Waals surface area contributed by atoms with Crippen molar-refractivity contribution in [1.29, 1.82) is 0 Å². The van der Waals surface area contributed by atoms with Crippen LogP contribution >= 0.6 is 0 Å². The second kappa shape index (κ2) is 9.68. The van der Waals surface area contributed by atoms with Crippen molar-refractivity contribution in [3.63, 3.8) is 0 Å². The summed E-state index contributed by atoms with van der Waals surface area (Å²) in [5, 5.41) is 6.29. The molecule has 1 unspecified atom stereocenters. The van der Waals surface area contributed by atoms with Gasteiger partial charge in [-0.3, -0.25) is 9.59 Å². The van der Waals surface area contributed by atoms with Crippen LogP contribution < -0.4 is 15.5 Å². The Hall–Kier alpha value is -3.41. The molecule has 184 valence electrons. The van der Waals surface area contributed by atoms with Gasteiger partial charge in [0.05, 0.1) is 0 Å². The van der Waals surface area contributed by atoms with Crippen LogP contribution in [0.2, 0.25) is 0 Å². The second-order valence-corrected chi connectivity index (χ2v) is 10.2. The lowest BCUT2D eigenvalue weighted by atomic mass is 9.68. The van der Waals surface area contributed by atoms with Crippen molar-refractivity contribution < 1.29 is 14.0 Å². The highest BCUT2D eigenvalue weighted by atomic mass is 19.1. The Morgan fingerprint density at radius 3 is 2.29 bits per heavy atom. The average Bonchev–Trinajstić information content (AvgIpc) is 2.80. The third-order valence-electron chi connectivity index (χ3n) is 6.94. The summed E-state index contributed by atoms with van der Waals surface area (Å²) in [6.45, 7) is 12.1. The summed E-state index contributed by atoms with van der Waals surface area (Å²) in [6, 6.07) is 13.9. The molecule has 0 saturated heterocycles. The lowest BCUT2D eigenvalue weighted by Gasteiger charge is -2.39. The number of halogens is 1. The minimum absolute atomic E-state index is 0.0705. The van der Waals surface area contributed by atoms with Gasteiger partial charge in [-0.05, 0) is 74.6 Å². The van der Waals surface area contributed by atoms with Crippen LogP contribution in [0.15, 0.2) is 71.1 Å². The van der Waals surface area contributed by atoms with Crippen LogP contribution in [0.5, 0.6) is 0 Å². The van der Waals surface area contributed by atoms with Crippen LogP contribution in [0.4, 0.5) is 15.8 Å². The van der Waals surface area contributed by atoms with Crippen molar-refractivity contribution in [2.24, 2.45) is 5.41 Å². The molecule has 4 rings (SSSR count). The Balaban J connectivity index is 1.78. The fraction of sp³-hybridized carbons (Fsp3) is 0.379. The maximum atomic E-state index is 13.6. The van der Waals surface area contributed by atoms with E-state index in [-0.39, 0.29) is 22.9 Å². The SMILES string of the molecule is CCN(CC)c1ccc(C2C(C(=O)Nc3ccc(F)cc3)=C(C)NC3=C2C(=O)CC(C)(C)C3)cc1. The molecule has 1 heterocycles. The summed E-state index contributed by atoms with van der Waals surface area (Å²) in [7, 11) is 0. The molecule has 0 spiro atoms. The van der Waals surface area contributed by atoms with E-state index in [1.165, 1.54) is 24.3 Å². The highest BCUT2D eigenvalue weighted by Crippen LogP contribution is 2.47. The lowest BCUT2D eigenvalue weighted by molar-refractivity contribution is -0.118. The van der Waals surface area contributed by atoms with Crippen molar-refractivity contribution in [1.82, 2.24) is 5.32 Å². The first-order valence-electron chi connectivity index (χ1n) is 12.3. The molecule has 0 saturated carbocycles. The van der Waals surface area contributed by atoms with E-state index in [0.717, 1.165) is 42.2 Å². The van der Waals surface area contributed by atoms with E-state index in [2.05, 4.69) is 55.4 Å². The van der Waals surface area contributed by atoms with Gasteiger partial charge in [0.2, 0.25) is 0 Å². The number of Topliss-reactive ketones (excluding diaryl/α,β-unsaturated/α-hetero) is 1. The molecule has 0 radical (unpaired) electrons. The van der Waals surface area contributed by atoms with Crippen molar-refractivity contribution in [2.75, 3.05) is 23.3 Å². The molecule has 1 amide bonds. The van der Waals surface area contributed by atoms with Crippen molar-refractivity contribution in [3.8, 4) is 0 Å². The van der Waals surface area contributed by atoms with E-state index in [1.807, 2.05) is 19.1 Å². The fourth-order valence-electron chi connectivity index (χ4n) is 5.27. The largest absolute Gasteiger partial charge is 0.372 e. The number of carbonyl (C=O) groups excluding carboxylic acids is 2. The van der Waals surface area contributed by atoms with Gasteiger partial charge < -0.3 is 15.5 Å². The van der Waals surface area contributed by atoms with Crippen LogP contribution in [0, 0.1) is 11.2 Å². The second-order valence-electron chi connectivity index (χ2n) is 10.2. The van der Waals surface area contributed by atoms with Gasteiger partial charge in [-0.1, -0.05) is 26.0 Å². The molecule has 1 atom stereocenters. The predicted molar refractivity (Wildman–Crippen MR) is 139 cm³/mol. The molecule has 6 heteroatoms. The van der Waals surface area contributed by atoms with Crippen LogP contribution in [0.1, 0.15) is 58.9 Å². The molecule has 35 heavy (non-hydrogen) atoms. The fourth-order valence-corrected chi connectivity index (χ4v) is 5.27. The first-order chi connectivity index (χ1) is 16.6. The Morgan fingerprint density at radius 1 is 1.06 bits per heavy atom. The summed E-state index contributed by atoms with van der Waals surface area (Å²) >= 11 is 0. The number of carbonyl (C=O) groups is 2. The van der Waals surface area contributed by atoms with Gasteiger partial charge in [-0.2, -0.15) is 0 Å². The third-order valence-corrected chi connectivity index (χ3v) is 6.94. The summed E-state index contributed by atoms with van der Waals surface area (Å²) in [5.41, 5.74) is 5.19. The van der Waals surface area contributed by atoms with Gasteiger partial charge >= 0.3 is 0 Å². The number of nitrogens with one attached hydrogen (secondary N) is 2. The van der Waals surface area contributed by atoms with Gasteiger partial charge in [-0.25, -0.2) is 4.39 Å². The maximum absolute atomic E-state index is 13.6. The molecule has 1 aliphatic heterocycles. The van der Waals surface area contributed by atoms with E-state index >= 15 is 0 Å². The van der Waals surface area contributed by atoms with E-state index in [4.69, 9.17) is 0 Å². The zero-order valence-corrected chi connectivity index (χ0v) is 21.2. The molecule has 0 bridgehead atoms. The summed E-state index contributed by atoms with van der Waals surface area (Å²) < 4.78 is 13.4. The Morgan fingerprint density at radius 2 is 1.69 bits per heavy atom. The number of rotatable bonds is 6. The maximum Gasteiger partial charge on any atom is 0.254 e. The molecular weight excluding hydrogens is 441 g/mol. The monoisotopic (exact) mass is 475 g/mol. The van der Waals surface area contributed by atoms with Crippen molar-refractivity contribution in [2.45, 2.75) is 53.4 Å². The summed E-state index contributed by atoms with van der Waals surface area (Å²) in [4.78, 5) is 29.3. The zero-order chi connectivity index (χ0) is 25.3. The van der Waals surface area contributed by atoms with E-state index in [1.54, 1.807) is 0 Å². The first kappa shape index (κ1) is 24.7. The number of amides is 1. The third kappa shape index (κ3) is 5.02. The summed E-state index contributed by atoms with van der Waals surface area (Å²) in [6.07, 6.45) is 1.18. The van der Waals surface area contributed by atoms with Crippen molar-refractivity contribution in [3.05, 3.63) is 82.5 Å². The topological polar surface area (TPSA) is 61.4 Å². The number of benzene rings is 2. The van der Waals surface area contributed by atoms with Gasteiger partial charge in [0.1, 0.15) is 5.82 Å². The lowest BCUT2D eigenvalue weighted by Crippen LogP contribution is -2.39. The first-order valence-corrected chi connectivity index (χ1v) is 12.3. The highest BCUT2D eigenvalue weighted by molar-refractivity contribution is 6.10. The summed E-state index contributed by atoms with van der Waals surface area (Å²) in [5.74, 6) is -1.07. The smallest absolute Gasteiger partial charge is 0.254 e. The predicted octanol–water partition coefficient (Wildman–Crippen LogP) is 5.91. The van der Waals surface area contributed by atoms with Crippen LogP contribution in [0.25, 0.3) is 0 Å². The molecule has 1 aliphatic carbocycles. The molecule has 0 fully saturated rings. The minimum Gasteiger partial charge on any atom is -0.372 e. The van der Waals surface area contributed by atoms with Gasteiger partial charge in [0.25, 0.3) is 5.91 Å². The highest BCUT2D eigenvalue weighted by Gasteiger charge is 2.42. The normalized spacial score (nSPS) is 19.3. The van der Waals surface area contributed by atoms with E-state index < -0.39 is 5.92 Å². The molecule has 5 nitrogen and oxygen atoms in total. The molecular formula is C29H34FN3O2. The Labute approximate surface area is 207 Å². The van der Waals surface area contributed by atoms with Crippen LogP contribution in [0.3, 0.4) is 0 Å². The Kier molecular flexibility index (Phi) is 6.84. The molecule has 2 aliphatic rings. The standard InChI is InChI=1S/C29H34FN3O2/c1-6-33(7-2)22-14-8-19(9-15-22)26-25(28(35)32-21-12-10-20(30)11-13-21)18(3)31-23-16-29(4,5)17-24(34)27(23)26/h8-15,26,31H,6-7,16-17H2,1-5H3,(H,32,35). The molecule has 2 aromatic carbocycles. The van der Waals surface area contributed by atoms with E-state index in [0.29, 0.717) is 23.3 Å². The van der Waals surface area contributed by atoms with Crippen molar-refractivity contribution >= 4 is 23.1 Å². The average molecular weight is 476 g/mol. The van der Waals surface area contributed by atoms with Crippen LogP contribution in [-0.4, -0.2) is 24.8 Å². The minimum atomic E-state index is -0.471. The zero-order valence-electron chi connectivity index (χ0n) is 21.2.